The molecule has 108 valence electrons. The van der Waals surface area contributed by atoms with Crippen molar-refractivity contribution in [3.63, 3.8) is 0 Å². The number of allylic oxidation sites excluding steroid dienone is 3. The van der Waals surface area contributed by atoms with Gasteiger partial charge in [-0.2, -0.15) is 0 Å². The van der Waals surface area contributed by atoms with Crippen molar-refractivity contribution in [1.29, 1.82) is 0 Å². The summed E-state index contributed by atoms with van der Waals surface area (Å²) in [6.45, 7) is 7.05. The molecule has 0 radical (unpaired) electrons. The van der Waals surface area contributed by atoms with Gasteiger partial charge < -0.3 is 9.47 Å². The molecule has 4 nitrogen and oxygen atoms in total. The fourth-order valence-corrected chi connectivity index (χ4v) is 1.64. The van der Waals surface area contributed by atoms with Crippen LogP contribution in [-0.4, -0.2) is 25.2 Å². The largest absolute Gasteiger partial charge is 0.469 e. The Morgan fingerprint density at radius 2 is 1.95 bits per heavy atom. The van der Waals surface area contributed by atoms with Gasteiger partial charge in [0, 0.05) is 6.92 Å². The van der Waals surface area contributed by atoms with Crippen molar-refractivity contribution in [3.8, 4) is 0 Å². The molecule has 0 saturated heterocycles. The van der Waals surface area contributed by atoms with Crippen LogP contribution in [0.1, 0.15) is 46.0 Å². The van der Waals surface area contributed by atoms with Crippen molar-refractivity contribution in [3.05, 3.63) is 24.3 Å². The van der Waals surface area contributed by atoms with E-state index in [0.717, 1.165) is 19.3 Å². The normalized spacial score (nSPS) is 12.7. The number of carbonyl (C=O) groups is 2. The van der Waals surface area contributed by atoms with Gasteiger partial charge in [-0.15, -0.1) is 6.58 Å². The van der Waals surface area contributed by atoms with E-state index in [1.807, 2.05) is 13.0 Å². The van der Waals surface area contributed by atoms with Crippen LogP contribution in [0.25, 0.3) is 0 Å². The van der Waals surface area contributed by atoms with Crippen LogP contribution < -0.4 is 0 Å². The Hall–Kier alpha value is -1.58. The summed E-state index contributed by atoms with van der Waals surface area (Å²) >= 11 is 0. The number of rotatable bonds is 9. The lowest BCUT2D eigenvalue weighted by Crippen LogP contribution is -2.21. The van der Waals surface area contributed by atoms with Crippen LogP contribution in [0.4, 0.5) is 0 Å². The van der Waals surface area contributed by atoms with E-state index >= 15 is 0 Å². The molecule has 0 aliphatic carbocycles. The van der Waals surface area contributed by atoms with Crippen molar-refractivity contribution < 1.29 is 19.1 Å². The molecule has 0 aromatic rings. The molecule has 1 unspecified atom stereocenters. The highest BCUT2D eigenvalue weighted by atomic mass is 16.6. The molecule has 1 atom stereocenters. The molecule has 19 heavy (non-hydrogen) atoms. The number of carbonyl (C=O) groups excluding carboxylic acids is 2. The van der Waals surface area contributed by atoms with E-state index in [2.05, 4.69) is 17.4 Å². The molecule has 0 spiro atoms. The Balaban J connectivity index is 4.23. The zero-order valence-electron chi connectivity index (χ0n) is 12.1. The van der Waals surface area contributed by atoms with Gasteiger partial charge in [0.15, 0.2) is 0 Å². The van der Waals surface area contributed by atoms with Gasteiger partial charge in [-0.1, -0.05) is 17.7 Å². The fraction of sp³-hybridized carbons (Fsp3) is 0.600. The predicted octanol–water partition coefficient (Wildman–Crippen LogP) is 3.17. The third-order valence-corrected chi connectivity index (χ3v) is 2.68. The average molecular weight is 268 g/mol. The number of esters is 2. The van der Waals surface area contributed by atoms with Crippen molar-refractivity contribution in [1.82, 2.24) is 0 Å². The molecule has 4 heteroatoms. The molecule has 0 saturated carbocycles. The minimum atomic E-state index is -0.410. The Morgan fingerprint density at radius 3 is 2.47 bits per heavy atom. The molecule has 0 aliphatic rings. The van der Waals surface area contributed by atoms with Gasteiger partial charge in [-0.25, -0.2) is 0 Å². The van der Waals surface area contributed by atoms with Crippen LogP contribution >= 0.6 is 0 Å². The Kier molecular flexibility index (Phi) is 9.49. The summed E-state index contributed by atoms with van der Waals surface area (Å²) in [7, 11) is 1.33. The van der Waals surface area contributed by atoms with Crippen LogP contribution in [0.3, 0.4) is 0 Å². The van der Waals surface area contributed by atoms with E-state index in [4.69, 9.17) is 4.74 Å². The summed E-state index contributed by atoms with van der Waals surface area (Å²) in [6, 6.07) is 0. The van der Waals surface area contributed by atoms with Gasteiger partial charge in [0.2, 0.25) is 0 Å². The highest BCUT2D eigenvalue weighted by Gasteiger charge is 2.17. The lowest BCUT2D eigenvalue weighted by molar-refractivity contribution is -0.152. The van der Waals surface area contributed by atoms with Gasteiger partial charge in [-0.3, -0.25) is 9.59 Å². The van der Waals surface area contributed by atoms with E-state index < -0.39 is 6.10 Å². The predicted molar refractivity (Wildman–Crippen MR) is 74.6 cm³/mol. The monoisotopic (exact) mass is 268 g/mol. The zero-order chi connectivity index (χ0) is 14.7. The smallest absolute Gasteiger partial charge is 0.309 e. The number of ether oxygens (including phenoxy) is 2. The lowest BCUT2D eigenvalue weighted by Gasteiger charge is -2.16. The first-order valence-corrected chi connectivity index (χ1v) is 6.50. The fourth-order valence-electron chi connectivity index (χ4n) is 1.64. The maximum absolute atomic E-state index is 11.2. The summed E-state index contributed by atoms with van der Waals surface area (Å²) in [4.78, 5) is 22.2. The summed E-state index contributed by atoms with van der Waals surface area (Å²) in [5, 5.41) is 0. The van der Waals surface area contributed by atoms with Crippen LogP contribution in [-0.2, 0) is 19.1 Å². The van der Waals surface area contributed by atoms with E-state index in [0.29, 0.717) is 6.42 Å². The van der Waals surface area contributed by atoms with Crippen molar-refractivity contribution in [2.24, 2.45) is 0 Å². The Bertz CT molecular complexity index is 331. The average Bonchev–Trinajstić information content (AvgIpc) is 2.35. The van der Waals surface area contributed by atoms with Crippen LogP contribution in [0.15, 0.2) is 24.3 Å². The van der Waals surface area contributed by atoms with Crippen LogP contribution in [0.5, 0.6) is 0 Å². The first-order chi connectivity index (χ1) is 8.99. The molecule has 0 aromatic carbocycles. The van der Waals surface area contributed by atoms with Gasteiger partial charge in [0.05, 0.1) is 13.5 Å². The SMILES string of the molecule is C=CCCC=C(C)CCC(CC(=O)OC)OC(C)=O. The lowest BCUT2D eigenvalue weighted by atomic mass is 10.0. The molecule has 0 heterocycles. The number of methoxy groups -OCH3 is 1. The van der Waals surface area contributed by atoms with Gasteiger partial charge in [-0.05, 0) is 32.6 Å². The van der Waals surface area contributed by atoms with E-state index in [-0.39, 0.29) is 18.4 Å². The third kappa shape index (κ3) is 10.1. The Morgan fingerprint density at radius 1 is 1.26 bits per heavy atom. The molecule has 0 aliphatic heterocycles. The molecule has 0 aromatic heterocycles. The van der Waals surface area contributed by atoms with Crippen molar-refractivity contribution >= 4 is 11.9 Å². The third-order valence-electron chi connectivity index (χ3n) is 2.68. The van der Waals surface area contributed by atoms with E-state index in [9.17, 15) is 9.59 Å². The highest BCUT2D eigenvalue weighted by molar-refractivity contribution is 5.71. The van der Waals surface area contributed by atoms with Gasteiger partial charge in [0.1, 0.15) is 6.10 Å². The Labute approximate surface area is 115 Å². The second-order valence-corrected chi connectivity index (χ2v) is 4.47. The molecule has 0 amide bonds. The second-order valence-electron chi connectivity index (χ2n) is 4.47. The van der Waals surface area contributed by atoms with Crippen LogP contribution in [0, 0.1) is 0 Å². The van der Waals surface area contributed by atoms with Gasteiger partial charge in [0.25, 0.3) is 0 Å². The molecular weight excluding hydrogens is 244 g/mol. The summed E-state index contributed by atoms with van der Waals surface area (Å²) in [6.07, 6.45) is 7.06. The standard InChI is InChI=1S/C15H24O4/c1-5-6-7-8-12(2)9-10-14(19-13(3)16)11-15(17)18-4/h5,8,14H,1,6-7,9-11H2,2-4H3. The molecule has 0 rings (SSSR count). The van der Waals surface area contributed by atoms with Crippen LogP contribution in [0.2, 0.25) is 0 Å². The van der Waals surface area contributed by atoms with Crippen molar-refractivity contribution in [2.45, 2.75) is 52.1 Å². The van der Waals surface area contributed by atoms with E-state index in [1.54, 1.807) is 0 Å². The second kappa shape index (κ2) is 10.4. The molecule has 0 fully saturated rings. The van der Waals surface area contributed by atoms with E-state index in [1.165, 1.54) is 19.6 Å². The molecular formula is C15H24O4. The maximum atomic E-state index is 11.2. The molecule has 0 bridgehead atoms. The molecule has 0 N–H and O–H groups in total. The van der Waals surface area contributed by atoms with Crippen molar-refractivity contribution in [2.75, 3.05) is 7.11 Å². The maximum Gasteiger partial charge on any atom is 0.309 e. The first kappa shape index (κ1) is 17.4. The summed E-state index contributed by atoms with van der Waals surface area (Å²) in [5.41, 5.74) is 1.23. The number of hydrogen-bond acceptors (Lipinski definition) is 4. The van der Waals surface area contributed by atoms with Gasteiger partial charge >= 0.3 is 11.9 Å². The minimum absolute atomic E-state index is 0.107. The summed E-state index contributed by atoms with van der Waals surface area (Å²) < 4.78 is 9.71. The number of unbranched alkanes of at least 4 members (excludes halogenated alkanes) is 1. The summed E-state index contributed by atoms with van der Waals surface area (Å²) in [5.74, 6) is -0.735. The minimum Gasteiger partial charge on any atom is -0.469 e. The topological polar surface area (TPSA) is 52.6 Å². The number of hydrogen-bond donors (Lipinski definition) is 0. The first-order valence-electron chi connectivity index (χ1n) is 6.50. The zero-order valence-corrected chi connectivity index (χ0v) is 12.1. The highest BCUT2D eigenvalue weighted by Crippen LogP contribution is 2.14. The quantitative estimate of drug-likeness (QED) is 0.366.